The fourth-order valence-electron chi connectivity index (χ4n) is 1.67. The molecule has 114 valence electrons. The van der Waals surface area contributed by atoms with Crippen molar-refractivity contribution in [1.82, 2.24) is 10.3 Å². The predicted molar refractivity (Wildman–Crippen MR) is 87.4 cm³/mol. The van der Waals surface area contributed by atoms with Gasteiger partial charge in [0, 0.05) is 16.0 Å². The monoisotopic (exact) mass is 345 g/mol. The molecule has 0 saturated carbocycles. The van der Waals surface area contributed by atoms with Gasteiger partial charge < -0.3 is 10.4 Å². The third kappa shape index (κ3) is 4.96. The van der Waals surface area contributed by atoms with Gasteiger partial charge in [-0.1, -0.05) is 24.9 Å². The number of nitrogens with one attached hydrogen (secondary N) is 2. The molecule has 8 heteroatoms. The molecule has 1 atom stereocenters. The van der Waals surface area contributed by atoms with Crippen LogP contribution in [0.3, 0.4) is 0 Å². The van der Waals surface area contributed by atoms with Gasteiger partial charge in [-0.2, -0.15) is 0 Å². The van der Waals surface area contributed by atoms with Crippen molar-refractivity contribution >= 4 is 45.4 Å². The normalized spacial score (nSPS) is 12.1. The number of rotatable bonds is 6. The first-order valence-electron chi connectivity index (χ1n) is 6.51. The molecule has 0 bridgehead atoms. The fraction of sp³-hybridized carbons (Fsp3) is 0.385. The summed E-state index contributed by atoms with van der Waals surface area (Å²) in [6.45, 7) is 2.22. The molecule has 0 saturated heterocycles. The first-order chi connectivity index (χ1) is 10.1. The number of thiophene rings is 1. The van der Waals surface area contributed by atoms with Gasteiger partial charge >= 0.3 is 6.03 Å². The van der Waals surface area contributed by atoms with E-state index in [1.54, 1.807) is 18.3 Å². The number of carbonyl (C=O) groups excluding carboxylic acids is 1. The molecule has 5 nitrogen and oxygen atoms in total. The zero-order valence-corrected chi connectivity index (χ0v) is 13.8. The second-order valence-corrected chi connectivity index (χ2v) is 7.24. The largest absolute Gasteiger partial charge is 0.386 e. The van der Waals surface area contributed by atoms with Crippen molar-refractivity contribution in [3.05, 3.63) is 32.4 Å². The number of aliphatic hydroxyl groups excluding tert-OH is 1. The summed E-state index contributed by atoms with van der Waals surface area (Å²) in [4.78, 5) is 17.7. The van der Waals surface area contributed by atoms with E-state index in [4.69, 9.17) is 11.6 Å². The lowest BCUT2D eigenvalue weighted by Gasteiger charge is -2.10. The number of amides is 2. The van der Waals surface area contributed by atoms with Crippen molar-refractivity contribution in [3.63, 3.8) is 0 Å². The summed E-state index contributed by atoms with van der Waals surface area (Å²) < 4.78 is 0.611. The van der Waals surface area contributed by atoms with E-state index in [2.05, 4.69) is 22.5 Å². The Balaban J connectivity index is 1.78. The van der Waals surface area contributed by atoms with Crippen LogP contribution in [0.5, 0.6) is 0 Å². The Labute approximate surface area is 136 Å². The Bertz CT molecular complexity index is 600. The van der Waals surface area contributed by atoms with Gasteiger partial charge in [-0.05, 0) is 18.6 Å². The van der Waals surface area contributed by atoms with Gasteiger partial charge in [0.1, 0.15) is 6.10 Å². The highest BCUT2D eigenvalue weighted by atomic mass is 35.5. The van der Waals surface area contributed by atoms with Gasteiger partial charge in [-0.15, -0.1) is 22.7 Å². The van der Waals surface area contributed by atoms with Gasteiger partial charge in [-0.3, -0.25) is 5.32 Å². The standard InChI is InChI=1S/C13H16ClN3O2S2/c1-2-3-8-6-16-13(20-8)17-12(19)15-7-9(18)10-4-5-11(14)21-10/h4-6,9,18H,2-3,7H2,1H3,(H2,15,16,17,19). The molecular formula is C13H16ClN3O2S2. The molecule has 1 unspecified atom stereocenters. The third-order valence-corrected chi connectivity index (χ3v) is 4.95. The number of thiazole rings is 1. The number of carbonyl (C=O) groups is 1. The Kier molecular flexibility index (Phi) is 5.98. The zero-order valence-electron chi connectivity index (χ0n) is 11.4. The van der Waals surface area contributed by atoms with E-state index in [0.717, 1.165) is 22.6 Å². The number of hydrogen-bond acceptors (Lipinski definition) is 5. The summed E-state index contributed by atoms with van der Waals surface area (Å²) in [5.74, 6) is 0. The lowest BCUT2D eigenvalue weighted by molar-refractivity contribution is 0.178. The highest BCUT2D eigenvalue weighted by molar-refractivity contribution is 7.16. The fourth-order valence-corrected chi connectivity index (χ4v) is 3.62. The number of anilines is 1. The van der Waals surface area contributed by atoms with Crippen molar-refractivity contribution in [1.29, 1.82) is 0 Å². The van der Waals surface area contributed by atoms with Crippen LogP contribution in [0.2, 0.25) is 4.34 Å². The maximum absolute atomic E-state index is 11.7. The summed E-state index contributed by atoms with van der Waals surface area (Å²) in [5, 5.41) is 15.7. The van der Waals surface area contributed by atoms with Gasteiger partial charge in [0.2, 0.25) is 0 Å². The minimum atomic E-state index is -0.764. The molecule has 0 fully saturated rings. The van der Waals surface area contributed by atoms with E-state index < -0.39 is 6.10 Å². The molecule has 0 aliphatic rings. The SMILES string of the molecule is CCCc1cnc(NC(=O)NCC(O)c2ccc(Cl)s2)s1. The lowest BCUT2D eigenvalue weighted by Crippen LogP contribution is -2.32. The molecule has 21 heavy (non-hydrogen) atoms. The van der Waals surface area contributed by atoms with Crippen LogP contribution in [0.15, 0.2) is 18.3 Å². The molecule has 0 aliphatic heterocycles. The number of aromatic nitrogens is 1. The minimum Gasteiger partial charge on any atom is -0.386 e. The molecule has 3 N–H and O–H groups in total. The quantitative estimate of drug-likeness (QED) is 0.747. The van der Waals surface area contributed by atoms with Crippen LogP contribution < -0.4 is 10.6 Å². The number of nitrogens with zero attached hydrogens (tertiary/aromatic N) is 1. The summed E-state index contributed by atoms with van der Waals surface area (Å²) in [7, 11) is 0. The molecule has 0 radical (unpaired) electrons. The average Bonchev–Trinajstić information content (AvgIpc) is 3.06. The summed E-state index contributed by atoms with van der Waals surface area (Å²) in [6, 6.07) is 3.08. The van der Waals surface area contributed by atoms with Crippen LogP contribution in [0.1, 0.15) is 29.2 Å². The summed E-state index contributed by atoms with van der Waals surface area (Å²) in [6.07, 6.45) is 3.01. The Hall–Kier alpha value is -1.15. The van der Waals surface area contributed by atoms with Crippen LogP contribution in [-0.2, 0) is 6.42 Å². The zero-order chi connectivity index (χ0) is 15.2. The average molecular weight is 346 g/mol. The first kappa shape index (κ1) is 16.2. The Morgan fingerprint density at radius 1 is 1.48 bits per heavy atom. The van der Waals surface area contributed by atoms with Crippen molar-refractivity contribution < 1.29 is 9.90 Å². The lowest BCUT2D eigenvalue weighted by atomic mass is 10.3. The highest BCUT2D eigenvalue weighted by Gasteiger charge is 2.12. The van der Waals surface area contributed by atoms with Gasteiger partial charge in [0.15, 0.2) is 5.13 Å². The highest BCUT2D eigenvalue weighted by Crippen LogP contribution is 2.26. The summed E-state index contributed by atoms with van der Waals surface area (Å²) >= 11 is 8.56. The maximum atomic E-state index is 11.7. The van der Waals surface area contributed by atoms with E-state index in [-0.39, 0.29) is 12.6 Å². The molecule has 0 aliphatic carbocycles. The van der Waals surface area contributed by atoms with Crippen LogP contribution in [0, 0.1) is 0 Å². The van der Waals surface area contributed by atoms with Gasteiger partial charge in [0.05, 0.1) is 10.9 Å². The smallest absolute Gasteiger partial charge is 0.321 e. The van der Waals surface area contributed by atoms with Crippen LogP contribution in [0.4, 0.5) is 9.93 Å². The molecule has 2 rings (SSSR count). The van der Waals surface area contributed by atoms with Gasteiger partial charge in [-0.25, -0.2) is 9.78 Å². The number of aryl methyl sites for hydroxylation is 1. The molecular weight excluding hydrogens is 330 g/mol. The van der Waals surface area contributed by atoms with Crippen LogP contribution >= 0.6 is 34.3 Å². The molecule has 0 spiro atoms. The molecule has 2 aromatic heterocycles. The number of hydrogen-bond donors (Lipinski definition) is 3. The second-order valence-electron chi connectivity index (χ2n) is 4.37. The third-order valence-electron chi connectivity index (χ3n) is 2.65. The molecule has 2 heterocycles. The van der Waals surface area contributed by atoms with E-state index in [9.17, 15) is 9.90 Å². The van der Waals surface area contributed by atoms with Crippen molar-refractivity contribution in [2.45, 2.75) is 25.9 Å². The second kappa shape index (κ2) is 7.74. The molecule has 0 aromatic carbocycles. The molecule has 2 aromatic rings. The number of urea groups is 1. The van der Waals surface area contributed by atoms with Crippen molar-refractivity contribution in [2.24, 2.45) is 0 Å². The molecule has 2 amide bonds. The van der Waals surface area contributed by atoms with Crippen molar-refractivity contribution in [2.75, 3.05) is 11.9 Å². The number of halogens is 1. The maximum Gasteiger partial charge on any atom is 0.321 e. The van der Waals surface area contributed by atoms with E-state index in [1.807, 2.05) is 0 Å². The topological polar surface area (TPSA) is 74.2 Å². The predicted octanol–water partition coefficient (Wildman–Crippen LogP) is 3.67. The van der Waals surface area contributed by atoms with Crippen LogP contribution in [0.25, 0.3) is 0 Å². The Morgan fingerprint density at radius 2 is 2.29 bits per heavy atom. The van der Waals surface area contributed by atoms with E-state index >= 15 is 0 Å². The summed E-state index contributed by atoms with van der Waals surface area (Å²) in [5.41, 5.74) is 0. The van der Waals surface area contributed by atoms with Gasteiger partial charge in [0.25, 0.3) is 0 Å². The van der Waals surface area contributed by atoms with Crippen LogP contribution in [-0.4, -0.2) is 22.7 Å². The van der Waals surface area contributed by atoms with E-state index in [0.29, 0.717) is 9.47 Å². The Morgan fingerprint density at radius 3 is 2.95 bits per heavy atom. The van der Waals surface area contributed by atoms with Crippen molar-refractivity contribution in [3.8, 4) is 0 Å². The minimum absolute atomic E-state index is 0.121. The number of aliphatic hydroxyl groups is 1. The first-order valence-corrected chi connectivity index (χ1v) is 8.52. The van der Waals surface area contributed by atoms with E-state index in [1.165, 1.54) is 22.7 Å².